The number of benzene rings is 1. The predicted molar refractivity (Wildman–Crippen MR) is 138 cm³/mol. The number of aryl methyl sites for hydroxylation is 1. The second-order valence-corrected chi connectivity index (χ2v) is 9.96. The smallest absolute Gasteiger partial charge is 0.220 e. The monoisotopic (exact) mass is 509 g/mol. The fourth-order valence-corrected chi connectivity index (χ4v) is 5.71. The number of hydrogen-bond acceptors (Lipinski definition) is 4. The van der Waals surface area contributed by atoms with E-state index in [1.807, 2.05) is 30.9 Å². The molecule has 0 spiro atoms. The van der Waals surface area contributed by atoms with Gasteiger partial charge in [0.05, 0.1) is 23.9 Å². The van der Waals surface area contributed by atoms with E-state index in [0.29, 0.717) is 11.3 Å². The van der Waals surface area contributed by atoms with Crippen LogP contribution in [0.25, 0.3) is 22.2 Å². The first-order valence-electron chi connectivity index (χ1n) is 12.1. The molecular weight excluding hydrogens is 481 g/mol. The number of aromatic nitrogens is 4. The Morgan fingerprint density at radius 1 is 1.31 bits per heavy atom. The second-order valence-electron chi connectivity index (χ2n) is 9.58. The van der Waals surface area contributed by atoms with E-state index in [1.165, 1.54) is 6.07 Å². The second kappa shape index (κ2) is 9.58. The molecule has 1 aliphatic rings. The summed E-state index contributed by atoms with van der Waals surface area (Å²) in [7, 11) is 1.55. The van der Waals surface area contributed by atoms with Crippen molar-refractivity contribution >= 4 is 28.5 Å². The molecular formula is C27H29ClFN5O2. The quantitative estimate of drug-likeness (QED) is 0.338. The average Bonchev–Trinajstić information content (AvgIpc) is 3.48. The number of carbonyl (C=O) groups is 1. The largest absolute Gasteiger partial charge is 0.496 e. The molecule has 0 bridgehead atoms. The Kier molecular flexibility index (Phi) is 6.47. The molecule has 0 radical (unpaired) electrons. The summed E-state index contributed by atoms with van der Waals surface area (Å²) in [6, 6.07) is 5.24. The number of rotatable bonds is 6. The van der Waals surface area contributed by atoms with E-state index in [4.69, 9.17) is 27.2 Å². The van der Waals surface area contributed by atoms with E-state index in [2.05, 4.69) is 22.2 Å². The highest BCUT2D eigenvalue weighted by molar-refractivity contribution is 6.31. The Hall–Kier alpha value is -3.39. The molecule has 5 rings (SSSR count). The lowest BCUT2D eigenvalue weighted by molar-refractivity contribution is -0.122. The van der Waals surface area contributed by atoms with E-state index < -0.39 is 5.82 Å². The van der Waals surface area contributed by atoms with Crippen LogP contribution in [0.5, 0.6) is 5.75 Å². The first-order chi connectivity index (χ1) is 17.3. The lowest BCUT2D eigenvalue weighted by atomic mass is 9.86. The van der Waals surface area contributed by atoms with Gasteiger partial charge in [0.25, 0.3) is 0 Å². The summed E-state index contributed by atoms with van der Waals surface area (Å²) in [4.78, 5) is 19.4. The molecule has 0 aliphatic heterocycles. The zero-order chi connectivity index (χ0) is 25.6. The number of nitrogens with zero attached hydrogens (tertiary/aromatic N) is 3. The summed E-state index contributed by atoms with van der Waals surface area (Å²) < 4.78 is 21.8. The van der Waals surface area contributed by atoms with Gasteiger partial charge < -0.3 is 15.5 Å². The first-order valence-corrected chi connectivity index (χ1v) is 12.5. The number of nitrogens with two attached hydrogens (primary N) is 1. The van der Waals surface area contributed by atoms with Crippen LogP contribution in [0, 0.1) is 18.7 Å². The van der Waals surface area contributed by atoms with E-state index in [9.17, 15) is 9.18 Å². The number of primary amides is 1. The van der Waals surface area contributed by atoms with Crippen molar-refractivity contribution < 1.29 is 13.9 Å². The summed E-state index contributed by atoms with van der Waals surface area (Å²) in [5, 5.41) is 5.77. The maximum absolute atomic E-state index is 14.3. The zero-order valence-corrected chi connectivity index (χ0v) is 21.3. The number of nitrogens with one attached hydrogen (secondary N) is 1. The fraction of sp³-hybridized carbons (Fsp3) is 0.370. The number of ether oxygens (including phenoxy) is 1. The van der Waals surface area contributed by atoms with Crippen LogP contribution in [0.2, 0.25) is 5.02 Å². The number of amides is 1. The molecule has 36 heavy (non-hydrogen) atoms. The van der Waals surface area contributed by atoms with Crippen LogP contribution >= 0.6 is 11.6 Å². The van der Waals surface area contributed by atoms with Gasteiger partial charge in [0, 0.05) is 52.5 Å². The van der Waals surface area contributed by atoms with E-state index >= 15 is 0 Å². The molecule has 9 heteroatoms. The molecule has 1 atom stereocenters. The maximum atomic E-state index is 14.3. The van der Waals surface area contributed by atoms with Gasteiger partial charge in [-0.3, -0.25) is 9.48 Å². The summed E-state index contributed by atoms with van der Waals surface area (Å²) >= 11 is 6.37. The predicted octanol–water partition coefficient (Wildman–Crippen LogP) is 5.90. The average molecular weight is 510 g/mol. The van der Waals surface area contributed by atoms with Gasteiger partial charge in [0.15, 0.2) is 0 Å². The first kappa shape index (κ1) is 24.3. The van der Waals surface area contributed by atoms with Crippen molar-refractivity contribution in [1.82, 2.24) is 19.7 Å². The number of carbonyl (C=O) groups excluding carboxylic acids is 1. The van der Waals surface area contributed by atoms with Gasteiger partial charge in [-0.1, -0.05) is 18.5 Å². The van der Waals surface area contributed by atoms with Gasteiger partial charge in [0.2, 0.25) is 5.91 Å². The Balaban J connectivity index is 1.49. The number of methoxy groups -OCH3 is 1. The van der Waals surface area contributed by atoms with Crippen molar-refractivity contribution in [3.05, 3.63) is 64.5 Å². The lowest BCUT2D eigenvalue weighted by Crippen LogP contribution is -2.28. The highest BCUT2D eigenvalue weighted by atomic mass is 35.5. The fourth-order valence-electron chi connectivity index (χ4n) is 5.39. The van der Waals surface area contributed by atoms with Crippen LogP contribution < -0.4 is 10.5 Å². The Labute approximate surface area is 213 Å². The molecule has 188 valence electrons. The molecule has 1 unspecified atom stereocenters. The zero-order valence-electron chi connectivity index (χ0n) is 20.5. The van der Waals surface area contributed by atoms with Crippen LogP contribution in [-0.2, 0) is 4.79 Å². The molecule has 1 aromatic carbocycles. The molecule has 1 saturated carbocycles. The van der Waals surface area contributed by atoms with Gasteiger partial charge in [-0.25, -0.2) is 9.37 Å². The number of halogens is 2. The summed E-state index contributed by atoms with van der Waals surface area (Å²) in [5.41, 5.74) is 10.6. The molecule has 1 fully saturated rings. The highest BCUT2D eigenvalue weighted by Crippen LogP contribution is 2.41. The van der Waals surface area contributed by atoms with E-state index in [-0.39, 0.29) is 28.8 Å². The SMILES string of the molecule is COc1ccc(F)c(Cl)c1C(C)c1c[nH]c2ncc(-c3cn(C4CCC(C(N)=O)CC4)nc3C)cc12. The molecule has 7 nitrogen and oxygen atoms in total. The third kappa shape index (κ3) is 4.23. The molecule has 4 aromatic rings. The van der Waals surface area contributed by atoms with Crippen molar-refractivity contribution in [3.8, 4) is 16.9 Å². The van der Waals surface area contributed by atoms with Crippen LogP contribution in [0.3, 0.4) is 0 Å². The van der Waals surface area contributed by atoms with Crippen LogP contribution in [0.4, 0.5) is 4.39 Å². The minimum absolute atomic E-state index is 0.0387. The van der Waals surface area contributed by atoms with Crippen molar-refractivity contribution in [2.45, 2.75) is 51.5 Å². The summed E-state index contributed by atoms with van der Waals surface area (Å²) in [5.74, 6) is -0.429. The lowest BCUT2D eigenvalue weighted by Gasteiger charge is -2.26. The third-order valence-electron chi connectivity index (χ3n) is 7.48. The molecule has 3 N–H and O–H groups in total. The maximum Gasteiger partial charge on any atom is 0.220 e. The Morgan fingerprint density at radius 2 is 2.06 bits per heavy atom. The summed E-state index contributed by atoms with van der Waals surface area (Å²) in [6.45, 7) is 3.97. The molecule has 1 aliphatic carbocycles. The topological polar surface area (TPSA) is 98.8 Å². The van der Waals surface area contributed by atoms with Gasteiger partial charge in [0.1, 0.15) is 17.2 Å². The molecule has 1 amide bonds. The number of hydrogen-bond donors (Lipinski definition) is 2. The van der Waals surface area contributed by atoms with Gasteiger partial charge in [-0.2, -0.15) is 5.10 Å². The van der Waals surface area contributed by atoms with E-state index in [0.717, 1.165) is 59.1 Å². The van der Waals surface area contributed by atoms with E-state index in [1.54, 1.807) is 13.2 Å². The number of fused-ring (bicyclic) bond motifs is 1. The van der Waals surface area contributed by atoms with Gasteiger partial charge in [-0.15, -0.1) is 0 Å². The Bertz CT molecular complexity index is 1440. The molecule has 3 aromatic heterocycles. The Morgan fingerprint density at radius 3 is 2.75 bits per heavy atom. The van der Waals surface area contributed by atoms with Crippen molar-refractivity contribution in [2.75, 3.05) is 7.11 Å². The number of aromatic amines is 1. The highest BCUT2D eigenvalue weighted by Gasteiger charge is 2.27. The normalized spacial score (nSPS) is 18.9. The van der Waals surface area contributed by atoms with Gasteiger partial charge >= 0.3 is 0 Å². The standard InChI is InChI=1S/C27H29ClFN5O2/c1-14(24-23(36-3)9-8-22(29)25(24)28)20-12-32-27-19(20)10-17(11-31-27)21-13-34(33-15(21)2)18-6-4-16(5-7-18)26(30)35/h8-14,16,18H,4-7H2,1-3H3,(H2,30,35)(H,31,32). The number of pyridine rings is 1. The minimum Gasteiger partial charge on any atom is -0.496 e. The van der Waals surface area contributed by atoms with Crippen LogP contribution in [-0.4, -0.2) is 32.8 Å². The van der Waals surface area contributed by atoms with Crippen LogP contribution in [0.1, 0.15) is 61.4 Å². The molecule has 3 heterocycles. The van der Waals surface area contributed by atoms with Gasteiger partial charge in [-0.05, 0) is 56.4 Å². The third-order valence-corrected chi connectivity index (χ3v) is 7.86. The van der Waals surface area contributed by atoms with Crippen molar-refractivity contribution in [2.24, 2.45) is 11.7 Å². The molecule has 0 saturated heterocycles. The van der Waals surface area contributed by atoms with Crippen molar-refractivity contribution in [3.63, 3.8) is 0 Å². The van der Waals surface area contributed by atoms with Crippen molar-refractivity contribution in [1.29, 1.82) is 0 Å². The number of H-pyrrole nitrogens is 1. The van der Waals surface area contributed by atoms with Crippen LogP contribution in [0.15, 0.2) is 36.8 Å². The summed E-state index contributed by atoms with van der Waals surface area (Å²) in [6.07, 6.45) is 9.12. The minimum atomic E-state index is -0.481.